The van der Waals surface area contributed by atoms with Crippen molar-refractivity contribution in [2.45, 2.75) is 46.1 Å². The molecule has 0 saturated heterocycles. The maximum Gasteiger partial charge on any atom is 0.101 e. The largest absolute Gasteiger partial charge is 0.198 e. The molecule has 0 heterocycles. The molecule has 0 aliphatic rings. The summed E-state index contributed by atoms with van der Waals surface area (Å²) in [7, 11) is 0. The van der Waals surface area contributed by atoms with Crippen LogP contribution in [0.3, 0.4) is 0 Å². The minimum Gasteiger partial charge on any atom is -0.198 e. The topological polar surface area (TPSA) is 29.1 Å². The van der Waals surface area contributed by atoms with Gasteiger partial charge < -0.3 is 0 Å². The van der Waals surface area contributed by atoms with Gasteiger partial charge >= 0.3 is 0 Å². The first-order valence-electron chi connectivity index (χ1n) is 3.79. The van der Waals surface area contributed by atoms with Gasteiger partial charge in [0.05, 0.1) is 0 Å². The van der Waals surface area contributed by atoms with Gasteiger partial charge in [-0.2, -0.15) is 4.89 Å². The van der Waals surface area contributed by atoms with Crippen molar-refractivity contribution in [1.82, 2.24) is 0 Å². The van der Waals surface area contributed by atoms with Gasteiger partial charge in [-0.1, -0.05) is 13.8 Å². The molecular formula is C8H17O2. The Bertz CT molecular complexity index is 87.3. The minimum absolute atomic E-state index is 0.482. The second kappa shape index (κ2) is 3.94. The Balaban J connectivity index is 3.46. The Morgan fingerprint density at radius 1 is 1.40 bits per heavy atom. The van der Waals surface area contributed by atoms with E-state index in [9.17, 15) is 5.26 Å². The summed E-state index contributed by atoms with van der Waals surface area (Å²) in [6.07, 6.45) is 1.89. The summed E-state index contributed by atoms with van der Waals surface area (Å²) < 4.78 is 0. The second-order valence-corrected chi connectivity index (χ2v) is 3.78. The van der Waals surface area contributed by atoms with E-state index in [4.69, 9.17) is 0 Å². The molecule has 0 aliphatic carbocycles. The molecule has 0 saturated carbocycles. The molecule has 0 N–H and O–H groups in total. The average Bonchev–Trinajstić information content (AvgIpc) is 1.85. The molecule has 61 valence electrons. The van der Waals surface area contributed by atoms with Gasteiger partial charge in [0, 0.05) is 0 Å². The van der Waals surface area contributed by atoms with E-state index in [0.717, 1.165) is 12.8 Å². The van der Waals surface area contributed by atoms with Crippen LogP contribution in [0.4, 0.5) is 0 Å². The molecule has 0 bridgehead atoms. The lowest BCUT2D eigenvalue weighted by Gasteiger charge is -2.19. The van der Waals surface area contributed by atoms with Gasteiger partial charge in [0.25, 0.3) is 0 Å². The molecule has 0 aromatic rings. The average molecular weight is 145 g/mol. The third kappa shape index (κ3) is 4.77. The number of hydrogen-bond acceptors (Lipinski definition) is 1. The molecule has 0 aromatic carbocycles. The van der Waals surface area contributed by atoms with E-state index in [-0.39, 0.29) is 0 Å². The molecule has 0 fully saturated rings. The Morgan fingerprint density at radius 2 is 1.90 bits per heavy atom. The molecule has 10 heavy (non-hydrogen) atoms. The molecule has 2 heteroatoms. The van der Waals surface area contributed by atoms with Crippen LogP contribution < -0.4 is 0 Å². The molecule has 0 unspecified atom stereocenters. The highest BCUT2D eigenvalue weighted by atomic mass is 17.1. The van der Waals surface area contributed by atoms with Gasteiger partial charge in [0.1, 0.15) is 5.60 Å². The zero-order valence-electron chi connectivity index (χ0n) is 7.31. The number of rotatable bonds is 4. The third-order valence-electron chi connectivity index (χ3n) is 1.55. The normalized spacial score (nSPS) is 12.6. The van der Waals surface area contributed by atoms with E-state index in [1.54, 1.807) is 0 Å². The maximum atomic E-state index is 10.1. The molecule has 0 atom stereocenters. The van der Waals surface area contributed by atoms with Crippen molar-refractivity contribution in [2.24, 2.45) is 5.92 Å². The molecular weight excluding hydrogens is 128 g/mol. The smallest absolute Gasteiger partial charge is 0.101 e. The van der Waals surface area contributed by atoms with Crippen molar-refractivity contribution < 1.29 is 10.1 Å². The van der Waals surface area contributed by atoms with E-state index in [2.05, 4.69) is 18.7 Å². The first kappa shape index (κ1) is 9.92. The highest BCUT2D eigenvalue weighted by Gasteiger charge is 2.18. The van der Waals surface area contributed by atoms with Crippen molar-refractivity contribution >= 4 is 0 Å². The van der Waals surface area contributed by atoms with Crippen molar-refractivity contribution in [3.05, 3.63) is 0 Å². The molecule has 0 aliphatic heterocycles. The Morgan fingerprint density at radius 3 is 2.20 bits per heavy atom. The molecule has 2 nitrogen and oxygen atoms in total. The zero-order chi connectivity index (χ0) is 8.20. The minimum atomic E-state index is -0.482. The van der Waals surface area contributed by atoms with Crippen LogP contribution in [0.25, 0.3) is 0 Å². The summed E-state index contributed by atoms with van der Waals surface area (Å²) in [6.45, 7) is 7.92. The molecule has 0 amide bonds. The summed E-state index contributed by atoms with van der Waals surface area (Å²) in [5.74, 6) is 0.648. The monoisotopic (exact) mass is 145 g/mol. The van der Waals surface area contributed by atoms with E-state index < -0.39 is 5.60 Å². The van der Waals surface area contributed by atoms with Gasteiger partial charge in [0.2, 0.25) is 0 Å². The van der Waals surface area contributed by atoms with Crippen LogP contribution in [0, 0.1) is 5.92 Å². The fourth-order valence-corrected chi connectivity index (χ4v) is 0.678. The van der Waals surface area contributed by atoms with Crippen LogP contribution in [-0.4, -0.2) is 5.60 Å². The summed E-state index contributed by atoms with van der Waals surface area (Å²) >= 11 is 0. The summed E-state index contributed by atoms with van der Waals surface area (Å²) in [6, 6.07) is 0. The van der Waals surface area contributed by atoms with Crippen LogP contribution >= 0.6 is 0 Å². The first-order valence-corrected chi connectivity index (χ1v) is 3.79. The molecule has 0 spiro atoms. The van der Waals surface area contributed by atoms with Gasteiger partial charge in [-0.15, -0.1) is 0 Å². The fourth-order valence-electron chi connectivity index (χ4n) is 0.678. The van der Waals surface area contributed by atoms with Crippen LogP contribution in [0.5, 0.6) is 0 Å². The van der Waals surface area contributed by atoms with Crippen LogP contribution in [-0.2, 0) is 10.1 Å². The Kier molecular flexibility index (Phi) is 3.91. The highest BCUT2D eigenvalue weighted by molar-refractivity contribution is 4.66. The van der Waals surface area contributed by atoms with E-state index in [1.807, 2.05) is 13.8 Å². The van der Waals surface area contributed by atoms with Crippen LogP contribution in [0.1, 0.15) is 40.5 Å². The van der Waals surface area contributed by atoms with Crippen molar-refractivity contribution in [3.63, 3.8) is 0 Å². The Hall–Kier alpha value is -0.0800. The van der Waals surface area contributed by atoms with Crippen molar-refractivity contribution in [1.29, 1.82) is 0 Å². The third-order valence-corrected chi connectivity index (χ3v) is 1.55. The zero-order valence-corrected chi connectivity index (χ0v) is 7.31. The second-order valence-electron chi connectivity index (χ2n) is 3.78. The summed E-state index contributed by atoms with van der Waals surface area (Å²) in [5, 5.41) is 10.1. The first-order chi connectivity index (χ1) is 4.48. The van der Waals surface area contributed by atoms with Crippen LogP contribution in [0.15, 0.2) is 0 Å². The van der Waals surface area contributed by atoms with Gasteiger partial charge in [-0.05, 0) is 37.9 Å². The SMILES string of the molecule is CC(C)CCC(C)(C)O[O]. The summed E-state index contributed by atoms with van der Waals surface area (Å²) in [5.41, 5.74) is -0.482. The van der Waals surface area contributed by atoms with E-state index in [0.29, 0.717) is 5.92 Å². The molecule has 0 aromatic heterocycles. The predicted octanol–water partition coefficient (Wildman–Crippen LogP) is 2.56. The predicted molar refractivity (Wildman–Crippen MR) is 39.9 cm³/mol. The maximum absolute atomic E-state index is 10.1. The lowest BCUT2D eigenvalue weighted by molar-refractivity contribution is -0.366. The van der Waals surface area contributed by atoms with Crippen LogP contribution in [0.2, 0.25) is 0 Å². The van der Waals surface area contributed by atoms with Crippen molar-refractivity contribution in [2.75, 3.05) is 0 Å². The number of hydrogen-bond donors (Lipinski definition) is 0. The summed E-state index contributed by atoms with van der Waals surface area (Å²) in [4.78, 5) is 4.04. The lowest BCUT2D eigenvalue weighted by atomic mass is 9.97. The van der Waals surface area contributed by atoms with E-state index in [1.165, 1.54) is 0 Å². The van der Waals surface area contributed by atoms with Gasteiger partial charge in [0.15, 0.2) is 0 Å². The van der Waals surface area contributed by atoms with E-state index >= 15 is 0 Å². The standard InChI is InChI=1S/C8H17O2/c1-7(2)5-6-8(3,4)10-9/h7H,5-6H2,1-4H3. The molecule has 0 rings (SSSR count). The van der Waals surface area contributed by atoms with Crippen molar-refractivity contribution in [3.8, 4) is 0 Å². The van der Waals surface area contributed by atoms with Gasteiger partial charge in [-0.25, -0.2) is 0 Å². The molecule has 1 radical (unpaired) electrons. The fraction of sp³-hybridized carbons (Fsp3) is 1.00. The quantitative estimate of drug-likeness (QED) is 0.441. The lowest BCUT2D eigenvalue weighted by Crippen LogP contribution is -2.22. The Labute approximate surface area is 63.1 Å². The van der Waals surface area contributed by atoms with Gasteiger partial charge in [-0.3, -0.25) is 0 Å². The highest BCUT2D eigenvalue weighted by Crippen LogP contribution is 2.18.